The van der Waals surface area contributed by atoms with Crippen LogP contribution in [0.3, 0.4) is 0 Å². The molecule has 1 N–H and O–H groups in total. The Morgan fingerprint density at radius 3 is 2.74 bits per heavy atom. The van der Waals surface area contributed by atoms with Crippen LogP contribution in [0.4, 0.5) is 0 Å². The molecule has 3 atom stereocenters. The molecule has 186 valence electrons. The van der Waals surface area contributed by atoms with Gasteiger partial charge in [-0.25, -0.2) is 0 Å². The van der Waals surface area contributed by atoms with Crippen LogP contribution < -0.4 is 14.8 Å². The summed E-state index contributed by atoms with van der Waals surface area (Å²) in [6.45, 7) is 0.515. The SMILES string of the molecule is COc1ccc(OC)c(CCNC(=O)C2CCC3S/C(=C/c4ccccc4Cl)C(=O)N(C)C3C2)c1. The van der Waals surface area contributed by atoms with Crippen molar-refractivity contribution in [3.63, 3.8) is 0 Å². The van der Waals surface area contributed by atoms with Gasteiger partial charge in [0.25, 0.3) is 5.91 Å². The fraction of sp³-hybridized carbons (Fsp3) is 0.407. The first-order valence-corrected chi connectivity index (χ1v) is 13.1. The van der Waals surface area contributed by atoms with Crippen LogP contribution in [0.25, 0.3) is 6.08 Å². The maximum absolute atomic E-state index is 13.1. The Morgan fingerprint density at radius 2 is 2.00 bits per heavy atom. The molecule has 6 nitrogen and oxygen atoms in total. The van der Waals surface area contributed by atoms with Gasteiger partial charge < -0.3 is 19.7 Å². The Kier molecular flexibility index (Phi) is 8.29. The summed E-state index contributed by atoms with van der Waals surface area (Å²) in [7, 11) is 5.11. The molecule has 1 saturated carbocycles. The van der Waals surface area contributed by atoms with Gasteiger partial charge in [-0.15, -0.1) is 11.8 Å². The number of hydrogen-bond acceptors (Lipinski definition) is 5. The van der Waals surface area contributed by atoms with Crippen molar-refractivity contribution in [1.82, 2.24) is 10.2 Å². The standard InChI is InChI=1S/C27H31ClN2O4S/c1-30-22-15-19(26(31)29-13-12-18-14-20(33-2)9-10-23(18)34-3)8-11-24(22)35-25(27(30)32)16-17-6-4-5-7-21(17)28/h4-7,9-10,14,16,19,22,24H,8,11-13,15H2,1-3H3,(H,29,31)/b25-16+. The number of carbonyl (C=O) groups is 2. The lowest BCUT2D eigenvalue weighted by Gasteiger charge is -2.44. The quantitative estimate of drug-likeness (QED) is 0.537. The molecule has 2 aromatic carbocycles. The van der Waals surface area contributed by atoms with E-state index in [0.29, 0.717) is 29.3 Å². The summed E-state index contributed by atoms with van der Waals surface area (Å²) < 4.78 is 10.7. The van der Waals surface area contributed by atoms with Gasteiger partial charge >= 0.3 is 0 Å². The van der Waals surface area contributed by atoms with Gasteiger partial charge in [0.1, 0.15) is 11.5 Å². The molecule has 35 heavy (non-hydrogen) atoms. The van der Waals surface area contributed by atoms with Gasteiger partial charge in [0.15, 0.2) is 0 Å². The van der Waals surface area contributed by atoms with E-state index in [-0.39, 0.29) is 29.0 Å². The number of fused-ring (bicyclic) bond motifs is 1. The van der Waals surface area contributed by atoms with Crippen molar-refractivity contribution in [2.24, 2.45) is 5.92 Å². The average molecular weight is 515 g/mol. The Morgan fingerprint density at radius 1 is 1.20 bits per heavy atom. The van der Waals surface area contributed by atoms with Gasteiger partial charge in [0.2, 0.25) is 5.91 Å². The third-order valence-electron chi connectivity index (χ3n) is 6.81. The minimum Gasteiger partial charge on any atom is -0.497 e. The number of halogens is 1. The first-order valence-electron chi connectivity index (χ1n) is 11.8. The van der Waals surface area contributed by atoms with Crippen molar-refractivity contribution in [1.29, 1.82) is 0 Å². The maximum atomic E-state index is 13.1. The van der Waals surface area contributed by atoms with Gasteiger partial charge in [-0.05, 0) is 67.2 Å². The average Bonchev–Trinajstić information content (AvgIpc) is 2.88. The van der Waals surface area contributed by atoms with Crippen LogP contribution in [0.2, 0.25) is 5.02 Å². The Labute approximate surface area is 216 Å². The van der Waals surface area contributed by atoms with E-state index in [4.69, 9.17) is 21.1 Å². The Balaban J connectivity index is 1.35. The molecule has 3 unspecified atom stereocenters. The number of hydrogen-bond donors (Lipinski definition) is 1. The van der Waals surface area contributed by atoms with E-state index < -0.39 is 0 Å². The second-order valence-electron chi connectivity index (χ2n) is 8.90. The number of nitrogens with one attached hydrogen (secondary N) is 1. The van der Waals surface area contributed by atoms with Crippen LogP contribution in [-0.4, -0.2) is 55.8 Å². The van der Waals surface area contributed by atoms with Crippen LogP contribution in [-0.2, 0) is 16.0 Å². The summed E-state index contributed by atoms with van der Waals surface area (Å²) in [5, 5.41) is 3.99. The summed E-state index contributed by atoms with van der Waals surface area (Å²) in [4.78, 5) is 28.6. The normalized spacial score (nSPS) is 23.1. The monoisotopic (exact) mass is 514 g/mol. The van der Waals surface area contributed by atoms with Crippen molar-refractivity contribution in [3.8, 4) is 11.5 Å². The predicted octanol–water partition coefficient (Wildman–Crippen LogP) is 4.80. The first-order chi connectivity index (χ1) is 16.9. The lowest BCUT2D eigenvalue weighted by molar-refractivity contribution is -0.131. The van der Waals surface area contributed by atoms with Gasteiger partial charge in [-0.1, -0.05) is 29.8 Å². The summed E-state index contributed by atoms with van der Waals surface area (Å²) in [5.41, 5.74) is 1.83. The van der Waals surface area contributed by atoms with Gasteiger partial charge in [0.05, 0.1) is 19.1 Å². The van der Waals surface area contributed by atoms with Crippen LogP contribution in [0.15, 0.2) is 47.4 Å². The van der Waals surface area contributed by atoms with Crippen LogP contribution in [0, 0.1) is 5.92 Å². The number of rotatable bonds is 7. The van der Waals surface area contributed by atoms with Crippen molar-refractivity contribution < 1.29 is 19.1 Å². The molecule has 1 aliphatic heterocycles. The lowest BCUT2D eigenvalue weighted by atomic mass is 9.83. The fourth-order valence-electron chi connectivity index (χ4n) is 4.81. The number of nitrogens with zero attached hydrogens (tertiary/aromatic N) is 1. The van der Waals surface area contributed by atoms with E-state index in [1.54, 1.807) is 26.0 Å². The molecule has 0 bridgehead atoms. The Bertz CT molecular complexity index is 1120. The van der Waals surface area contributed by atoms with Crippen LogP contribution in [0.1, 0.15) is 30.4 Å². The summed E-state index contributed by atoms with van der Waals surface area (Å²) in [5.74, 6) is 1.47. The smallest absolute Gasteiger partial charge is 0.260 e. The molecular formula is C27H31ClN2O4S. The zero-order valence-corrected chi connectivity index (χ0v) is 21.8. The second kappa shape index (κ2) is 11.4. The van der Waals surface area contributed by atoms with Crippen LogP contribution in [0.5, 0.6) is 11.5 Å². The largest absolute Gasteiger partial charge is 0.497 e. The molecule has 1 saturated heterocycles. The molecule has 2 aromatic rings. The van der Waals surface area contributed by atoms with E-state index in [9.17, 15) is 9.59 Å². The number of thioether (sulfide) groups is 1. The number of likely N-dealkylation sites (N-methyl/N-ethyl adjacent to an activating group) is 1. The van der Waals surface area contributed by atoms with Crippen molar-refractivity contribution >= 4 is 41.3 Å². The second-order valence-corrected chi connectivity index (χ2v) is 10.6. The summed E-state index contributed by atoms with van der Waals surface area (Å²) >= 11 is 7.92. The predicted molar refractivity (Wildman–Crippen MR) is 141 cm³/mol. The number of methoxy groups -OCH3 is 2. The van der Waals surface area contributed by atoms with Crippen molar-refractivity contribution in [2.75, 3.05) is 27.8 Å². The van der Waals surface area contributed by atoms with Crippen molar-refractivity contribution in [2.45, 2.75) is 37.0 Å². The van der Waals surface area contributed by atoms with E-state index >= 15 is 0 Å². The number of amides is 2. The molecule has 2 aliphatic rings. The van der Waals surface area contributed by atoms with E-state index in [2.05, 4.69) is 5.32 Å². The molecule has 2 amide bonds. The third-order valence-corrected chi connectivity index (χ3v) is 8.55. The highest BCUT2D eigenvalue weighted by Gasteiger charge is 2.42. The molecule has 0 aromatic heterocycles. The zero-order chi connectivity index (χ0) is 24.9. The highest BCUT2D eigenvalue weighted by atomic mass is 35.5. The van der Waals surface area contributed by atoms with E-state index in [1.807, 2.05) is 60.5 Å². The first kappa shape index (κ1) is 25.5. The highest BCUT2D eigenvalue weighted by Crippen LogP contribution is 2.43. The maximum Gasteiger partial charge on any atom is 0.260 e. The van der Waals surface area contributed by atoms with Crippen molar-refractivity contribution in [3.05, 3.63) is 63.5 Å². The minimum absolute atomic E-state index is 0.0117. The molecular weight excluding hydrogens is 484 g/mol. The number of carbonyl (C=O) groups excluding carboxylic acids is 2. The topological polar surface area (TPSA) is 67.9 Å². The third kappa shape index (κ3) is 5.78. The van der Waals surface area contributed by atoms with Crippen LogP contribution >= 0.6 is 23.4 Å². The van der Waals surface area contributed by atoms with Gasteiger partial charge in [0, 0.05) is 35.8 Å². The van der Waals surface area contributed by atoms with E-state index in [1.165, 1.54) is 0 Å². The number of ether oxygens (including phenoxy) is 2. The molecule has 0 spiro atoms. The van der Waals surface area contributed by atoms with Gasteiger partial charge in [-0.2, -0.15) is 0 Å². The fourth-order valence-corrected chi connectivity index (χ4v) is 6.47. The van der Waals surface area contributed by atoms with E-state index in [0.717, 1.165) is 35.5 Å². The molecule has 8 heteroatoms. The minimum atomic E-state index is -0.103. The molecule has 4 rings (SSSR count). The molecule has 2 fully saturated rings. The number of benzene rings is 2. The highest BCUT2D eigenvalue weighted by molar-refractivity contribution is 8.04. The Hall–Kier alpha value is -2.64. The molecule has 0 radical (unpaired) electrons. The lowest BCUT2D eigenvalue weighted by Crippen LogP contribution is -2.52. The molecule has 1 aliphatic carbocycles. The zero-order valence-electron chi connectivity index (χ0n) is 20.3. The summed E-state index contributed by atoms with van der Waals surface area (Å²) in [6, 6.07) is 13.2. The molecule has 1 heterocycles. The van der Waals surface area contributed by atoms with Gasteiger partial charge in [-0.3, -0.25) is 9.59 Å². The summed E-state index contributed by atoms with van der Waals surface area (Å²) in [6.07, 6.45) is 4.90.